The van der Waals surface area contributed by atoms with Gasteiger partial charge in [-0.05, 0) is 35.0 Å². The lowest BCUT2D eigenvalue weighted by molar-refractivity contribution is -0.132. The van der Waals surface area contributed by atoms with Gasteiger partial charge in [-0.3, -0.25) is 4.79 Å². The van der Waals surface area contributed by atoms with E-state index in [4.69, 9.17) is 4.74 Å². The molecule has 19 heavy (non-hydrogen) atoms. The van der Waals surface area contributed by atoms with E-state index in [1.54, 1.807) is 0 Å². The number of piperazine rings is 1. The fraction of sp³-hybridized carbons (Fsp3) is 0.500. The molecule has 1 atom stereocenters. The Morgan fingerprint density at radius 3 is 3.05 bits per heavy atom. The van der Waals surface area contributed by atoms with E-state index in [9.17, 15) is 4.79 Å². The molecular formula is C14H19BrN2O2. The molecule has 0 aromatic heterocycles. The lowest BCUT2D eigenvalue weighted by Crippen LogP contribution is -2.51. The van der Waals surface area contributed by atoms with Crippen molar-refractivity contribution in [1.82, 2.24) is 10.2 Å². The molecule has 1 aromatic carbocycles. The number of nitrogens with one attached hydrogen (secondary N) is 1. The number of halogens is 1. The van der Waals surface area contributed by atoms with E-state index in [1.807, 2.05) is 29.2 Å². The van der Waals surface area contributed by atoms with Crippen LogP contribution in [0.1, 0.15) is 13.3 Å². The van der Waals surface area contributed by atoms with E-state index in [-0.39, 0.29) is 5.91 Å². The van der Waals surface area contributed by atoms with Gasteiger partial charge in [0.2, 0.25) is 5.91 Å². The van der Waals surface area contributed by atoms with Crippen LogP contribution in [0.15, 0.2) is 28.7 Å². The Kier molecular flexibility index (Phi) is 5.22. The van der Waals surface area contributed by atoms with Crippen molar-refractivity contribution in [3.05, 3.63) is 28.7 Å². The molecular weight excluding hydrogens is 308 g/mol. The summed E-state index contributed by atoms with van der Waals surface area (Å²) >= 11 is 3.42. The average molecular weight is 327 g/mol. The molecule has 1 fully saturated rings. The number of benzene rings is 1. The van der Waals surface area contributed by atoms with Crippen LogP contribution in [-0.2, 0) is 4.79 Å². The van der Waals surface area contributed by atoms with Crippen LogP contribution in [0.3, 0.4) is 0 Å². The van der Waals surface area contributed by atoms with Crippen molar-refractivity contribution in [2.24, 2.45) is 0 Å². The van der Waals surface area contributed by atoms with Gasteiger partial charge in [-0.25, -0.2) is 0 Å². The lowest BCUT2D eigenvalue weighted by Gasteiger charge is -2.31. The minimum atomic E-state index is 0.167. The van der Waals surface area contributed by atoms with Crippen LogP contribution in [0, 0.1) is 0 Å². The van der Waals surface area contributed by atoms with Gasteiger partial charge in [0, 0.05) is 25.7 Å². The molecule has 2 rings (SSSR count). The van der Waals surface area contributed by atoms with E-state index < -0.39 is 0 Å². The van der Waals surface area contributed by atoms with Crippen molar-refractivity contribution < 1.29 is 9.53 Å². The van der Waals surface area contributed by atoms with Crippen LogP contribution in [0.4, 0.5) is 0 Å². The molecule has 1 unspecified atom stereocenters. The average Bonchev–Trinajstić information content (AvgIpc) is 2.41. The van der Waals surface area contributed by atoms with Crippen molar-refractivity contribution >= 4 is 21.8 Å². The summed E-state index contributed by atoms with van der Waals surface area (Å²) in [6, 6.07) is 8.04. The molecule has 1 saturated heterocycles. The highest BCUT2D eigenvalue weighted by atomic mass is 79.9. The number of amides is 1. The van der Waals surface area contributed by atoms with Gasteiger partial charge in [-0.15, -0.1) is 0 Å². The predicted molar refractivity (Wildman–Crippen MR) is 78.3 cm³/mol. The highest BCUT2D eigenvalue weighted by molar-refractivity contribution is 9.10. The largest absolute Gasteiger partial charge is 0.492 e. The molecule has 0 bridgehead atoms. The molecule has 104 valence electrons. The number of hydrogen-bond acceptors (Lipinski definition) is 3. The van der Waals surface area contributed by atoms with Crippen LogP contribution in [0.2, 0.25) is 0 Å². The second-order valence-electron chi connectivity index (χ2n) is 4.72. The number of carbonyl (C=O) groups is 1. The summed E-state index contributed by atoms with van der Waals surface area (Å²) in [7, 11) is 0. The summed E-state index contributed by atoms with van der Waals surface area (Å²) in [5.41, 5.74) is 0. The normalized spacial score (nSPS) is 19.3. The zero-order chi connectivity index (χ0) is 13.7. The second kappa shape index (κ2) is 6.91. The summed E-state index contributed by atoms with van der Waals surface area (Å²) in [5.74, 6) is 0.949. The van der Waals surface area contributed by atoms with Gasteiger partial charge in [-0.1, -0.05) is 12.1 Å². The fourth-order valence-corrected chi connectivity index (χ4v) is 2.53. The van der Waals surface area contributed by atoms with Gasteiger partial charge < -0.3 is 15.0 Å². The third kappa shape index (κ3) is 4.21. The zero-order valence-electron chi connectivity index (χ0n) is 11.1. The predicted octanol–water partition coefficient (Wildman–Crippen LogP) is 2.04. The van der Waals surface area contributed by atoms with Crippen molar-refractivity contribution in [3.63, 3.8) is 0 Å². The molecule has 1 N–H and O–H groups in total. The van der Waals surface area contributed by atoms with E-state index >= 15 is 0 Å². The van der Waals surface area contributed by atoms with Crippen LogP contribution >= 0.6 is 15.9 Å². The smallest absolute Gasteiger partial charge is 0.226 e. The number of rotatable bonds is 4. The summed E-state index contributed by atoms with van der Waals surface area (Å²) < 4.78 is 6.53. The first-order chi connectivity index (χ1) is 9.16. The maximum absolute atomic E-state index is 12.0. The maximum Gasteiger partial charge on any atom is 0.226 e. The van der Waals surface area contributed by atoms with Gasteiger partial charge in [-0.2, -0.15) is 0 Å². The number of carbonyl (C=O) groups excluding carboxylic acids is 1. The van der Waals surface area contributed by atoms with Crippen molar-refractivity contribution in [2.45, 2.75) is 19.4 Å². The minimum Gasteiger partial charge on any atom is -0.492 e. The number of ether oxygens (including phenoxy) is 1. The Balaban J connectivity index is 1.76. The van der Waals surface area contributed by atoms with Crippen molar-refractivity contribution in [3.8, 4) is 5.75 Å². The van der Waals surface area contributed by atoms with Gasteiger partial charge >= 0.3 is 0 Å². The SMILES string of the molecule is CC1CN(C(=O)CCOc2ccccc2Br)CCN1. The van der Waals surface area contributed by atoms with E-state index in [0.29, 0.717) is 19.1 Å². The summed E-state index contributed by atoms with van der Waals surface area (Å²) in [6.07, 6.45) is 0.425. The monoisotopic (exact) mass is 326 g/mol. The molecule has 0 radical (unpaired) electrons. The van der Waals surface area contributed by atoms with Crippen LogP contribution < -0.4 is 10.1 Å². The van der Waals surface area contributed by atoms with Crippen LogP contribution in [0.25, 0.3) is 0 Å². The third-order valence-electron chi connectivity index (χ3n) is 3.13. The minimum absolute atomic E-state index is 0.167. The van der Waals surface area contributed by atoms with Gasteiger partial charge in [0.25, 0.3) is 0 Å². The second-order valence-corrected chi connectivity index (χ2v) is 5.58. The Morgan fingerprint density at radius 2 is 2.32 bits per heavy atom. The first kappa shape index (κ1) is 14.3. The summed E-state index contributed by atoms with van der Waals surface area (Å²) in [6.45, 7) is 4.96. The molecule has 1 heterocycles. The molecule has 4 nitrogen and oxygen atoms in total. The lowest BCUT2D eigenvalue weighted by atomic mass is 10.2. The first-order valence-electron chi connectivity index (χ1n) is 6.55. The van der Waals surface area contributed by atoms with Gasteiger partial charge in [0.15, 0.2) is 0 Å². The van der Waals surface area contributed by atoms with Crippen molar-refractivity contribution in [1.29, 1.82) is 0 Å². The summed E-state index contributed by atoms with van der Waals surface area (Å²) in [5, 5.41) is 3.32. The summed E-state index contributed by atoms with van der Waals surface area (Å²) in [4.78, 5) is 13.9. The molecule has 0 aliphatic carbocycles. The van der Waals surface area contributed by atoms with Gasteiger partial charge in [0.1, 0.15) is 5.75 Å². The van der Waals surface area contributed by atoms with E-state index in [2.05, 4.69) is 28.2 Å². The van der Waals surface area contributed by atoms with E-state index in [1.165, 1.54) is 0 Å². The van der Waals surface area contributed by atoms with Gasteiger partial charge in [0.05, 0.1) is 17.5 Å². The fourth-order valence-electron chi connectivity index (χ4n) is 2.13. The third-order valence-corrected chi connectivity index (χ3v) is 3.79. The van der Waals surface area contributed by atoms with Crippen LogP contribution in [-0.4, -0.2) is 43.1 Å². The molecule has 5 heteroatoms. The number of nitrogens with zero attached hydrogens (tertiary/aromatic N) is 1. The zero-order valence-corrected chi connectivity index (χ0v) is 12.6. The number of para-hydroxylation sites is 1. The topological polar surface area (TPSA) is 41.6 Å². The van der Waals surface area contributed by atoms with E-state index in [0.717, 1.165) is 29.9 Å². The molecule has 1 aliphatic heterocycles. The Bertz CT molecular complexity index is 439. The molecule has 1 amide bonds. The number of hydrogen-bond donors (Lipinski definition) is 1. The highest BCUT2D eigenvalue weighted by Crippen LogP contribution is 2.23. The molecule has 0 saturated carbocycles. The molecule has 1 aromatic rings. The Labute approximate surface area is 122 Å². The quantitative estimate of drug-likeness (QED) is 0.920. The molecule has 0 spiro atoms. The molecule has 1 aliphatic rings. The standard InChI is InChI=1S/C14H19BrN2O2/c1-11-10-17(8-7-16-11)14(18)6-9-19-13-5-3-2-4-12(13)15/h2-5,11,16H,6-10H2,1H3. The Hall–Kier alpha value is -1.07. The Morgan fingerprint density at radius 1 is 1.53 bits per heavy atom. The van der Waals surface area contributed by atoms with Crippen molar-refractivity contribution in [2.75, 3.05) is 26.2 Å². The maximum atomic E-state index is 12.0. The first-order valence-corrected chi connectivity index (χ1v) is 7.34. The highest BCUT2D eigenvalue weighted by Gasteiger charge is 2.20. The van der Waals surface area contributed by atoms with Crippen LogP contribution in [0.5, 0.6) is 5.75 Å².